The third kappa shape index (κ3) is 1.46. The highest BCUT2D eigenvalue weighted by Crippen LogP contribution is 2.19. The van der Waals surface area contributed by atoms with E-state index in [1.54, 1.807) is 23.0 Å². The maximum atomic E-state index is 10.7. The number of carbonyl (C=O) groups excluding carboxylic acids is 1. The third-order valence-electron chi connectivity index (χ3n) is 1.98. The van der Waals surface area contributed by atoms with Crippen molar-refractivity contribution in [3.8, 4) is 5.75 Å². The smallest absolute Gasteiger partial charge is 0.308 e. The van der Waals surface area contributed by atoms with Crippen molar-refractivity contribution in [1.82, 2.24) is 9.78 Å². The molecule has 0 amide bonds. The second-order valence-corrected chi connectivity index (χ2v) is 3.08. The largest absolute Gasteiger partial charge is 0.427 e. The van der Waals surface area contributed by atoms with Gasteiger partial charge in [-0.05, 0) is 12.1 Å². The number of aromatic nitrogens is 2. The molecular weight excluding hydrogens is 180 g/mol. The first-order valence-corrected chi connectivity index (χ1v) is 4.27. The lowest BCUT2D eigenvalue weighted by Gasteiger charge is -2.01. The zero-order chi connectivity index (χ0) is 10.1. The second-order valence-electron chi connectivity index (χ2n) is 3.08. The minimum Gasteiger partial charge on any atom is -0.427 e. The quantitative estimate of drug-likeness (QED) is 0.505. The molecule has 0 aliphatic heterocycles. The highest BCUT2D eigenvalue weighted by atomic mass is 16.5. The molecule has 1 heterocycles. The van der Waals surface area contributed by atoms with Crippen LogP contribution < -0.4 is 4.74 Å². The van der Waals surface area contributed by atoms with Crippen LogP contribution >= 0.6 is 0 Å². The molecule has 1 aromatic heterocycles. The van der Waals surface area contributed by atoms with Crippen LogP contribution in [0.1, 0.15) is 6.92 Å². The van der Waals surface area contributed by atoms with Gasteiger partial charge in [-0.15, -0.1) is 0 Å². The van der Waals surface area contributed by atoms with E-state index in [-0.39, 0.29) is 5.97 Å². The SMILES string of the molecule is CC(=O)Oc1ccc2cnn(C)c2c1. The van der Waals surface area contributed by atoms with Crippen molar-refractivity contribution < 1.29 is 9.53 Å². The maximum Gasteiger partial charge on any atom is 0.308 e. The van der Waals surface area contributed by atoms with Gasteiger partial charge in [-0.3, -0.25) is 9.48 Å². The predicted molar refractivity (Wildman–Crippen MR) is 52.0 cm³/mol. The number of fused-ring (bicyclic) bond motifs is 1. The van der Waals surface area contributed by atoms with Crippen LogP contribution in [-0.2, 0) is 11.8 Å². The molecule has 0 aliphatic rings. The van der Waals surface area contributed by atoms with Crippen LogP contribution in [0, 0.1) is 0 Å². The summed E-state index contributed by atoms with van der Waals surface area (Å²) in [5.74, 6) is 0.236. The van der Waals surface area contributed by atoms with Gasteiger partial charge in [-0.1, -0.05) is 0 Å². The van der Waals surface area contributed by atoms with E-state index >= 15 is 0 Å². The van der Waals surface area contributed by atoms with E-state index in [0.717, 1.165) is 10.9 Å². The zero-order valence-corrected chi connectivity index (χ0v) is 8.02. The van der Waals surface area contributed by atoms with Crippen molar-refractivity contribution in [1.29, 1.82) is 0 Å². The van der Waals surface area contributed by atoms with Gasteiger partial charge in [0.1, 0.15) is 5.75 Å². The van der Waals surface area contributed by atoms with Gasteiger partial charge in [-0.2, -0.15) is 5.10 Å². The van der Waals surface area contributed by atoms with Crippen molar-refractivity contribution in [3.63, 3.8) is 0 Å². The van der Waals surface area contributed by atoms with Crippen molar-refractivity contribution in [3.05, 3.63) is 24.4 Å². The van der Waals surface area contributed by atoms with Crippen molar-refractivity contribution in [2.75, 3.05) is 0 Å². The lowest BCUT2D eigenvalue weighted by atomic mass is 10.2. The number of esters is 1. The normalized spacial score (nSPS) is 10.4. The van der Waals surface area contributed by atoms with Crippen LogP contribution in [0.25, 0.3) is 10.9 Å². The first kappa shape index (κ1) is 8.74. The van der Waals surface area contributed by atoms with Gasteiger partial charge in [0.05, 0.1) is 11.7 Å². The summed E-state index contributed by atoms with van der Waals surface area (Å²) in [5, 5.41) is 5.12. The second kappa shape index (κ2) is 3.14. The Morgan fingerprint density at radius 2 is 2.29 bits per heavy atom. The summed E-state index contributed by atoms with van der Waals surface area (Å²) < 4.78 is 6.71. The molecule has 0 unspecified atom stereocenters. The minimum atomic E-state index is -0.313. The molecule has 0 saturated carbocycles. The topological polar surface area (TPSA) is 44.1 Å². The summed E-state index contributed by atoms with van der Waals surface area (Å²) in [7, 11) is 1.85. The summed E-state index contributed by atoms with van der Waals surface area (Å²) in [6.45, 7) is 1.38. The number of nitrogens with zero attached hydrogens (tertiary/aromatic N) is 2. The molecule has 0 atom stereocenters. The lowest BCUT2D eigenvalue weighted by molar-refractivity contribution is -0.131. The van der Waals surface area contributed by atoms with Gasteiger partial charge in [0.25, 0.3) is 0 Å². The molecule has 4 heteroatoms. The molecule has 4 nitrogen and oxygen atoms in total. The molecule has 1 aromatic carbocycles. The number of hydrogen-bond acceptors (Lipinski definition) is 3. The Morgan fingerprint density at radius 1 is 1.50 bits per heavy atom. The zero-order valence-electron chi connectivity index (χ0n) is 8.02. The molecule has 0 aliphatic carbocycles. The molecule has 0 fully saturated rings. The molecule has 0 spiro atoms. The number of benzene rings is 1. The molecule has 0 saturated heterocycles. The van der Waals surface area contributed by atoms with Crippen LogP contribution in [0.4, 0.5) is 0 Å². The highest BCUT2D eigenvalue weighted by Gasteiger charge is 2.02. The monoisotopic (exact) mass is 190 g/mol. The van der Waals surface area contributed by atoms with E-state index in [0.29, 0.717) is 5.75 Å². The first-order chi connectivity index (χ1) is 6.66. The fourth-order valence-corrected chi connectivity index (χ4v) is 1.35. The van der Waals surface area contributed by atoms with E-state index in [9.17, 15) is 4.79 Å². The highest BCUT2D eigenvalue weighted by molar-refractivity contribution is 5.81. The summed E-state index contributed by atoms with van der Waals surface area (Å²) in [6, 6.07) is 5.43. The van der Waals surface area contributed by atoms with E-state index in [4.69, 9.17) is 4.74 Å². The van der Waals surface area contributed by atoms with E-state index in [2.05, 4.69) is 5.10 Å². The van der Waals surface area contributed by atoms with Gasteiger partial charge < -0.3 is 4.74 Å². The van der Waals surface area contributed by atoms with Crippen LogP contribution in [0.15, 0.2) is 24.4 Å². The van der Waals surface area contributed by atoms with Crippen LogP contribution in [0.5, 0.6) is 5.75 Å². The van der Waals surface area contributed by atoms with E-state index < -0.39 is 0 Å². The van der Waals surface area contributed by atoms with Crippen LogP contribution in [0.3, 0.4) is 0 Å². The number of carbonyl (C=O) groups is 1. The fourth-order valence-electron chi connectivity index (χ4n) is 1.35. The number of ether oxygens (including phenoxy) is 1. The predicted octanol–water partition coefficient (Wildman–Crippen LogP) is 1.50. The Morgan fingerprint density at radius 3 is 3.00 bits per heavy atom. The fraction of sp³-hybridized carbons (Fsp3) is 0.200. The molecule has 14 heavy (non-hydrogen) atoms. The van der Waals surface area contributed by atoms with E-state index in [1.165, 1.54) is 6.92 Å². The summed E-state index contributed by atoms with van der Waals surface area (Å²) in [4.78, 5) is 10.7. The first-order valence-electron chi connectivity index (χ1n) is 4.27. The Kier molecular flexibility index (Phi) is 1.96. The Balaban J connectivity index is 2.49. The van der Waals surface area contributed by atoms with E-state index in [1.807, 2.05) is 13.1 Å². The maximum absolute atomic E-state index is 10.7. The van der Waals surface area contributed by atoms with Gasteiger partial charge >= 0.3 is 5.97 Å². The molecule has 0 N–H and O–H groups in total. The number of rotatable bonds is 1. The van der Waals surface area contributed by atoms with Gasteiger partial charge in [-0.25, -0.2) is 0 Å². The molecule has 72 valence electrons. The molecule has 0 bridgehead atoms. The Hall–Kier alpha value is -1.84. The van der Waals surface area contributed by atoms with Gasteiger partial charge in [0, 0.05) is 25.4 Å². The number of aryl methyl sites for hydroxylation is 1. The summed E-state index contributed by atoms with van der Waals surface area (Å²) >= 11 is 0. The van der Waals surface area contributed by atoms with Crippen LogP contribution in [-0.4, -0.2) is 15.7 Å². The van der Waals surface area contributed by atoms with Crippen molar-refractivity contribution in [2.24, 2.45) is 7.05 Å². The molecule has 2 aromatic rings. The summed E-state index contributed by atoms with van der Waals surface area (Å²) in [6.07, 6.45) is 1.77. The van der Waals surface area contributed by atoms with Gasteiger partial charge in [0.15, 0.2) is 0 Å². The van der Waals surface area contributed by atoms with Crippen molar-refractivity contribution >= 4 is 16.9 Å². The molecule has 2 rings (SSSR count). The van der Waals surface area contributed by atoms with Crippen LogP contribution in [0.2, 0.25) is 0 Å². The summed E-state index contributed by atoms with van der Waals surface area (Å²) in [5.41, 5.74) is 0.948. The third-order valence-corrected chi connectivity index (χ3v) is 1.98. The number of hydrogen-bond donors (Lipinski definition) is 0. The van der Waals surface area contributed by atoms with Crippen molar-refractivity contribution in [2.45, 2.75) is 6.92 Å². The average molecular weight is 190 g/mol. The Labute approximate surface area is 81.1 Å². The minimum absolute atomic E-state index is 0.313. The standard InChI is InChI=1S/C10H10N2O2/c1-7(13)14-9-4-3-8-6-11-12(2)10(8)5-9/h3-6H,1-2H3. The average Bonchev–Trinajstić information content (AvgIpc) is 2.47. The molecule has 0 radical (unpaired) electrons. The van der Waals surface area contributed by atoms with Gasteiger partial charge in [0.2, 0.25) is 0 Å². The Bertz CT molecular complexity index is 488. The molecular formula is C10H10N2O2. The lowest BCUT2D eigenvalue weighted by Crippen LogP contribution is -2.01.